The fourth-order valence-electron chi connectivity index (χ4n) is 4.33. The standard InChI is InChI=1S/C22H36O10/c1-6-7-8-9-10-11-17(12-18(26)27)32-19-21(29,14(3)24)22(30,15(4)25)20(28,13(2)23)16(5)31-19/h16-17,19,28-30H,6-12H2,1-5H3,(H,26,27)/t16-,17+,19+,20-,21-,22+/m1/s1. The van der Waals surface area contributed by atoms with Gasteiger partial charge in [-0.15, -0.1) is 0 Å². The Labute approximate surface area is 187 Å². The third kappa shape index (κ3) is 4.94. The first kappa shape index (κ1) is 28.3. The zero-order chi connectivity index (χ0) is 24.9. The minimum atomic E-state index is -3.28. The van der Waals surface area contributed by atoms with Crippen molar-refractivity contribution < 1.29 is 49.1 Å². The van der Waals surface area contributed by atoms with Gasteiger partial charge in [0.2, 0.25) is 11.2 Å². The van der Waals surface area contributed by atoms with Crippen molar-refractivity contribution in [3.63, 3.8) is 0 Å². The van der Waals surface area contributed by atoms with Crippen LogP contribution in [0.4, 0.5) is 0 Å². The van der Waals surface area contributed by atoms with Gasteiger partial charge < -0.3 is 29.9 Å². The summed E-state index contributed by atoms with van der Waals surface area (Å²) in [7, 11) is 0. The van der Waals surface area contributed by atoms with E-state index in [-0.39, 0.29) is 6.42 Å². The summed E-state index contributed by atoms with van der Waals surface area (Å²) in [5.41, 5.74) is -9.39. The van der Waals surface area contributed by atoms with Crippen LogP contribution in [0.3, 0.4) is 0 Å². The Morgan fingerprint density at radius 3 is 1.88 bits per heavy atom. The van der Waals surface area contributed by atoms with E-state index in [4.69, 9.17) is 9.47 Å². The fraction of sp³-hybridized carbons (Fsp3) is 0.818. The summed E-state index contributed by atoms with van der Waals surface area (Å²) in [6, 6.07) is 0. The number of hydrogen-bond acceptors (Lipinski definition) is 9. The van der Waals surface area contributed by atoms with Gasteiger partial charge in [-0.25, -0.2) is 0 Å². The van der Waals surface area contributed by atoms with Crippen LogP contribution in [0.15, 0.2) is 0 Å². The number of carbonyl (C=O) groups excluding carboxylic acids is 3. The van der Waals surface area contributed by atoms with E-state index in [0.717, 1.165) is 46.5 Å². The van der Waals surface area contributed by atoms with Crippen LogP contribution in [0.2, 0.25) is 0 Å². The summed E-state index contributed by atoms with van der Waals surface area (Å²) in [6.45, 7) is 5.79. The summed E-state index contributed by atoms with van der Waals surface area (Å²) in [5.74, 6) is -4.73. The quantitative estimate of drug-likeness (QED) is 0.290. The average molecular weight is 461 g/mol. The Bertz CT molecular complexity index is 722. The van der Waals surface area contributed by atoms with Crippen molar-refractivity contribution in [2.24, 2.45) is 0 Å². The first-order valence-corrected chi connectivity index (χ1v) is 10.9. The van der Waals surface area contributed by atoms with Crippen molar-refractivity contribution in [3.05, 3.63) is 0 Å². The molecule has 10 nitrogen and oxygen atoms in total. The first-order chi connectivity index (χ1) is 14.7. The van der Waals surface area contributed by atoms with E-state index in [1.807, 2.05) is 0 Å². The van der Waals surface area contributed by atoms with Gasteiger partial charge >= 0.3 is 5.97 Å². The van der Waals surface area contributed by atoms with Crippen LogP contribution in [0.5, 0.6) is 0 Å². The van der Waals surface area contributed by atoms with Gasteiger partial charge in [-0.1, -0.05) is 39.0 Å². The van der Waals surface area contributed by atoms with Crippen molar-refractivity contribution in [1.82, 2.24) is 0 Å². The van der Waals surface area contributed by atoms with Gasteiger partial charge in [-0.3, -0.25) is 19.2 Å². The molecule has 0 aliphatic carbocycles. The van der Waals surface area contributed by atoms with Crippen LogP contribution >= 0.6 is 0 Å². The number of ketones is 3. The zero-order valence-corrected chi connectivity index (χ0v) is 19.4. The summed E-state index contributed by atoms with van der Waals surface area (Å²) in [5, 5.41) is 42.8. The van der Waals surface area contributed by atoms with Gasteiger partial charge in [-0.05, 0) is 34.1 Å². The van der Waals surface area contributed by atoms with Gasteiger partial charge in [-0.2, -0.15) is 0 Å². The maximum Gasteiger partial charge on any atom is 0.305 e. The molecule has 0 aromatic rings. The molecule has 0 saturated carbocycles. The molecule has 1 heterocycles. The van der Waals surface area contributed by atoms with Crippen LogP contribution in [-0.4, -0.2) is 79.0 Å². The number of hydrogen-bond donors (Lipinski definition) is 4. The number of carboxylic acid groups (broad SMARTS) is 1. The number of rotatable bonds is 13. The summed E-state index contributed by atoms with van der Waals surface area (Å²) in [6.07, 6.45) is -0.390. The Morgan fingerprint density at radius 1 is 0.906 bits per heavy atom. The second-order valence-electron chi connectivity index (χ2n) is 8.58. The van der Waals surface area contributed by atoms with E-state index in [1.165, 1.54) is 6.92 Å². The second kappa shape index (κ2) is 10.9. The topological polar surface area (TPSA) is 168 Å². The summed E-state index contributed by atoms with van der Waals surface area (Å²) < 4.78 is 11.1. The first-order valence-electron chi connectivity index (χ1n) is 10.9. The zero-order valence-electron chi connectivity index (χ0n) is 19.4. The van der Waals surface area contributed by atoms with Gasteiger partial charge in [0.05, 0.1) is 18.6 Å². The number of unbranched alkanes of at least 4 members (excludes halogenated alkanes) is 4. The molecule has 4 N–H and O–H groups in total. The largest absolute Gasteiger partial charge is 0.481 e. The second-order valence-corrected chi connectivity index (χ2v) is 8.58. The highest BCUT2D eigenvalue weighted by Gasteiger charge is 2.78. The van der Waals surface area contributed by atoms with Crippen molar-refractivity contribution in [1.29, 1.82) is 0 Å². The SMILES string of the molecule is CCCCCCC[C@@H](CC(=O)O)O[C@@H]1O[C@H](C)[C@](O)(C(C)=O)[C@@](O)(C(C)=O)[C@@]1(O)C(C)=O. The molecule has 1 fully saturated rings. The molecular formula is C22H36O10. The number of carboxylic acids is 1. The van der Waals surface area contributed by atoms with Gasteiger partial charge in [0.25, 0.3) is 0 Å². The summed E-state index contributed by atoms with van der Waals surface area (Å²) in [4.78, 5) is 48.7. The van der Waals surface area contributed by atoms with Crippen LogP contribution < -0.4 is 0 Å². The highest BCUT2D eigenvalue weighted by Crippen LogP contribution is 2.47. The highest BCUT2D eigenvalue weighted by atomic mass is 16.7. The van der Waals surface area contributed by atoms with Crippen molar-refractivity contribution in [2.75, 3.05) is 0 Å². The van der Waals surface area contributed by atoms with E-state index in [1.54, 1.807) is 0 Å². The molecule has 32 heavy (non-hydrogen) atoms. The average Bonchev–Trinajstić information content (AvgIpc) is 2.68. The highest BCUT2D eigenvalue weighted by molar-refractivity contribution is 6.05. The van der Waals surface area contributed by atoms with Gasteiger partial charge in [0.15, 0.2) is 29.2 Å². The van der Waals surface area contributed by atoms with E-state index in [9.17, 15) is 39.6 Å². The van der Waals surface area contributed by atoms with Crippen LogP contribution in [-0.2, 0) is 28.7 Å². The van der Waals surface area contributed by atoms with E-state index in [0.29, 0.717) is 6.42 Å². The van der Waals surface area contributed by atoms with Crippen molar-refractivity contribution in [3.8, 4) is 0 Å². The molecule has 6 atom stereocenters. The lowest BCUT2D eigenvalue weighted by atomic mass is 9.61. The third-order valence-corrected chi connectivity index (χ3v) is 6.29. The van der Waals surface area contributed by atoms with Gasteiger partial charge in [0, 0.05) is 0 Å². The van der Waals surface area contributed by atoms with Crippen molar-refractivity contribution >= 4 is 23.3 Å². The molecular weight excluding hydrogens is 424 g/mol. The van der Waals surface area contributed by atoms with Crippen LogP contribution in [0.25, 0.3) is 0 Å². The molecule has 1 aliphatic rings. The minimum absolute atomic E-state index is 0.258. The molecule has 0 unspecified atom stereocenters. The maximum atomic E-state index is 12.5. The van der Waals surface area contributed by atoms with Crippen molar-refractivity contribution in [2.45, 2.75) is 115 Å². The molecule has 1 rings (SSSR count). The monoisotopic (exact) mass is 460 g/mol. The lowest BCUT2D eigenvalue weighted by Gasteiger charge is -2.57. The predicted octanol–water partition coefficient (Wildman–Crippen LogP) is 0.912. The number of carbonyl (C=O) groups is 4. The maximum absolute atomic E-state index is 12.5. The molecule has 0 aromatic carbocycles. The molecule has 184 valence electrons. The third-order valence-electron chi connectivity index (χ3n) is 6.29. The Morgan fingerprint density at radius 2 is 1.44 bits per heavy atom. The molecule has 0 radical (unpaired) electrons. The molecule has 0 spiro atoms. The lowest BCUT2D eigenvalue weighted by Crippen LogP contribution is -2.85. The Balaban J connectivity index is 3.37. The van der Waals surface area contributed by atoms with E-state index in [2.05, 4.69) is 6.92 Å². The predicted molar refractivity (Wildman–Crippen MR) is 112 cm³/mol. The molecule has 10 heteroatoms. The van der Waals surface area contributed by atoms with Crippen LogP contribution in [0, 0.1) is 0 Å². The number of aliphatic hydroxyl groups is 3. The molecule has 1 saturated heterocycles. The molecule has 0 aromatic heterocycles. The Hall–Kier alpha value is -1.72. The fourth-order valence-corrected chi connectivity index (χ4v) is 4.33. The lowest BCUT2D eigenvalue weighted by molar-refractivity contribution is -0.369. The molecule has 0 bridgehead atoms. The number of aliphatic carboxylic acids is 1. The molecule has 0 amide bonds. The van der Waals surface area contributed by atoms with Crippen LogP contribution in [0.1, 0.15) is 79.6 Å². The van der Waals surface area contributed by atoms with E-state index >= 15 is 0 Å². The van der Waals surface area contributed by atoms with E-state index < -0.39 is 65.0 Å². The van der Waals surface area contributed by atoms with Gasteiger partial charge in [0.1, 0.15) is 0 Å². The smallest absolute Gasteiger partial charge is 0.305 e. The number of Topliss-reactive ketones (excluding diaryl/α,β-unsaturated/α-hetero) is 3. The summed E-state index contributed by atoms with van der Waals surface area (Å²) >= 11 is 0. The Kier molecular flexibility index (Phi) is 9.67. The minimum Gasteiger partial charge on any atom is -0.481 e. The normalized spacial score (nSPS) is 33.5. The number of ether oxygens (including phenoxy) is 2. The molecule has 1 aliphatic heterocycles.